The van der Waals surface area contributed by atoms with E-state index in [4.69, 9.17) is 0 Å². The van der Waals surface area contributed by atoms with Crippen LogP contribution in [-0.2, 0) is 26.2 Å². The van der Waals surface area contributed by atoms with E-state index in [1.54, 1.807) is 37.3 Å². The lowest BCUT2D eigenvalue weighted by molar-refractivity contribution is -0.139. The molecule has 1 atom stereocenters. The van der Waals surface area contributed by atoms with E-state index in [-0.39, 0.29) is 18.5 Å². The largest absolute Gasteiger partial charge is 0.352 e. The number of carbonyl (C=O) groups is 2. The second kappa shape index (κ2) is 12.2. The predicted octanol–water partition coefficient (Wildman–Crippen LogP) is 4.53. The van der Waals surface area contributed by atoms with Crippen LogP contribution in [0.1, 0.15) is 50.2 Å². The van der Waals surface area contributed by atoms with Crippen molar-refractivity contribution >= 4 is 43.5 Å². The molecule has 1 fully saturated rings. The lowest BCUT2D eigenvalue weighted by Gasteiger charge is -2.33. The fraction of sp³-hybridized carbons (Fsp3) is 0.462. The summed E-state index contributed by atoms with van der Waals surface area (Å²) in [6, 6.07) is 9.92. The highest BCUT2D eigenvalue weighted by molar-refractivity contribution is 9.10. The van der Waals surface area contributed by atoms with Crippen LogP contribution in [0.5, 0.6) is 0 Å². The first kappa shape index (κ1) is 28.1. The molecule has 0 radical (unpaired) electrons. The van der Waals surface area contributed by atoms with Gasteiger partial charge in [0, 0.05) is 17.1 Å². The molecular formula is C26H33BrFN3O4S. The molecule has 0 unspecified atom stereocenters. The van der Waals surface area contributed by atoms with E-state index in [0.29, 0.717) is 11.3 Å². The van der Waals surface area contributed by atoms with Crippen LogP contribution in [0.4, 0.5) is 10.1 Å². The Hall–Kier alpha value is -2.46. The second-order valence-corrected chi connectivity index (χ2v) is 12.1. The molecule has 36 heavy (non-hydrogen) atoms. The van der Waals surface area contributed by atoms with Gasteiger partial charge in [0.2, 0.25) is 21.8 Å². The van der Waals surface area contributed by atoms with E-state index >= 15 is 0 Å². The molecule has 2 aromatic carbocycles. The normalized spacial score (nSPS) is 15.2. The quantitative estimate of drug-likeness (QED) is 0.471. The number of sulfonamides is 1. The van der Waals surface area contributed by atoms with Crippen molar-refractivity contribution in [3.63, 3.8) is 0 Å². The molecule has 2 amide bonds. The summed E-state index contributed by atoms with van der Waals surface area (Å²) in [6.07, 6.45) is 6.08. The third-order valence-corrected chi connectivity index (χ3v) is 8.52. The monoisotopic (exact) mass is 581 g/mol. The van der Waals surface area contributed by atoms with E-state index in [9.17, 15) is 22.4 Å². The van der Waals surface area contributed by atoms with Crippen LogP contribution < -0.4 is 9.62 Å². The average Bonchev–Trinajstić information content (AvgIpc) is 2.83. The Morgan fingerprint density at radius 1 is 1.11 bits per heavy atom. The van der Waals surface area contributed by atoms with Crippen molar-refractivity contribution in [2.75, 3.05) is 17.1 Å². The van der Waals surface area contributed by atoms with Gasteiger partial charge in [0.05, 0.1) is 11.9 Å². The third-order valence-electron chi connectivity index (χ3n) is 6.49. The van der Waals surface area contributed by atoms with Crippen LogP contribution >= 0.6 is 15.9 Å². The highest BCUT2D eigenvalue weighted by Crippen LogP contribution is 2.25. The van der Waals surface area contributed by atoms with Crippen molar-refractivity contribution in [3.8, 4) is 0 Å². The van der Waals surface area contributed by atoms with Gasteiger partial charge in [0.1, 0.15) is 18.4 Å². The number of halogens is 2. The molecule has 0 aliphatic heterocycles. The lowest BCUT2D eigenvalue weighted by Crippen LogP contribution is -2.53. The second-order valence-electron chi connectivity index (χ2n) is 9.37. The molecular weight excluding hydrogens is 549 g/mol. The van der Waals surface area contributed by atoms with E-state index in [2.05, 4.69) is 21.2 Å². The van der Waals surface area contributed by atoms with Crippen LogP contribution in [0, 0.1) is 12.7 Å². The number of hydrogen-bond acceptors (Lipinski definition) is 4. The van der Waals surface area contributed by atoms with E-state index in [0.717, 1.165) is 52.7 Å². The first-order valence-corrected chi connectivity index (χ1v) is 14.7. The molecule has 0 heterocycles. The number of nitrogens with zero attached hydrogens (tertiary/aromatic N) is 2. The molecule has 1 aliphatic rings. The van der Waals surface area contributed by atoms with Crippen LogP contribution in [0.3, 0.4) is 0 Å². The molecule has 1 saturated carbocycles. The highest BCUT2D eigenvalue weighted by atomic mass is 79.9. The van der Waals surface area contributed by atoms with Crippen molar-refractivity contribution in [1.29, 1.82) is 0 Å². The number of benzene rings is 2. The Morgan fingerprint density at radius 2 is 1.75 bits per heavy atom. The minimum Gasteiger partial charge on any atom is -0.352 e. The third kappa shape index (κ3) is 7.52. The molecule has 0 aromatic heterocycles. The minimum absolute atomic E-state index is 0.0370. The fourth-order valence-electron chi connectivity index (χ4n) is 4.34. The van der Waals surface area contributed by atoms with Crippen molar-refractivity contribution in [2.45, 2.75) is 64.6 Å². The van der Waals surface area contributed by atoms with Crippen LogP contribution in [0.25, 0.3) is 0 Å². The summed E-state index contributed by atoms with van der Waals surface area (Å²) >= 11 is 3.41. The van der Waals surface area contributed by atoms with Gasteiger partial charge in [0.15, 0.2) is 0 Å². The van der Waals surface area contributed by atoms with E-state index < -0.39 is 34.3 Å². The summed E-state index contributed by atoms with van der Waals surface area (Å²) in [6.45, 7) is 3.03. The van der Waals surface area contributed by atoms with Gasteiger partial charge < -0.3 is 10.2 Å². The molecule has 196 valence electrons. The summed E-state index contributed by atoms with van der Waals surface area (Å²) in [7, 11) is -3.80. The number of nitrogens with one attached hydrogen (secondary N) is 1. The SMILES string of the molecule is Cc1cc(N(CC(=O)N(Cc2ccc(F)cc2)[C@H](C)C(=O)NC2CCCCC2)S(C)(=O)=O)ccc1Br. The highest BCUT2D eigenvalue weighted by Gasteiger charge is 2.31. The standard InChI is InChI=1S/C26H33BrFN3O4S/c1-18-15-23(13-14-24(18)27)31(36(3,34)35)17-25(32)30(16-20-9-11-21(28)12-10-20)19(2)26(33)29-22-7-5-4-6-8-22/h9-15,19,22H,4-8,16-17H2,1-3H3,(H,29,33)/t19-/m1/s1. The molecule has 7 nitrogen and oxygen atoms in total. The number of anilines is 1. The van der Waals surface area contributed by atoms with Gasteiger partial charge in [-0.05, 0) is 68.1 Å². The summed E-state index contributed by atoms with van der Waals surface area (Å²) < 4.78 is 40.7. The Kier molecular flexibility index (Phi) is 9.52. The summed E-state index contributed by atoms with van der Waals surface area (Å²) in [5.41, 5.74) is 1.80. The first-order chi connectivity index (χ1) is 17.0. The van der Waals surface area contributed by atoms with Gasteiger partial charge in [-0.1, -0.05) is 47.3 Å². The van der Waals surface area contributed by atoms with Crippen molar-refractivity contribution in [3.05, 3.63) is 63.9 Å². The van der Waals surface area contributed by atoms with Crippen molar-refractivity contribution in [2.24, 2.45) is 0 Å². The van der Waals surface area contributed by atoms with Gasteiger partial charge >= 0.3 is 0 Å². The zero-order valence-electron chi connectivity index (χ0n) is 20.8. The maximum atomic E-state index is 13.6. The van der Waals surface area contributed by atoms with Gasteiger partial charge in [-0.25, -0.2) is 12.8 Å². The molecule has 0 spiro atoms. The zero-order chi connectivity index (χ0) is 26.5. The lowest BCUT2D eigenvalue weighted by atomic mass is 9.95. The predicted molar refractivity (Wildman–Crippen MR) is 142 cm³/mol. The smallest absolute Gasteiger partial charge is 0.244 e. The Labute approximate surface area is 221 Å². The number of aryl methyl sites for hydroxylation is 1. The van der Waals surface area contributed by atoms with Crippen molar-refractivity contribution < 1.29 is 22.4 Å². The molecule has 1 aliphatic carbocycles. The van der Waals surface area contributed by atoms with Gasteiger partial charge in [0.25, 0.3) is 0 Å². The summed E-state index contributed by atoms with van der Waals surface area (Å²) in [4.78, 5) is 28.1. The maximum absolute atomic E-state index is 13.6. The zero-order valence-corrected chi connectivity index (χ0v) is 23.2. The topological polar surface area (TPSA) is 86.8 Å². The molecule has 3 rings (SSSR count). The van der Waals surface area contributed by atoms with E-state index in [1.807, 2.05) is 6.92 Å². The van der Waals surface area contributed by atoms with E-state index in [1.165, 1.54) is 17.0 Å². The van der Waals surface area contributed by atoms with Gasteiger partial charge in [-0.15, -0.1) is 0 Å². The number of hydrogen-bond donors (Lipinski definition) is 1. The molecule has 2 aromatic rings. The molecule has 1 N–H and O–H groups in total. The van der Waals surface area contributed by atoms with Gasteiger partial charge in [-0.3, -0.25) is 13.9 Å². The molecule has 10 heteroatoms. The first-order valence-electron chi connectivity index (χ1n) is 12.0. The Morgan fingerprint density at radius 3 is 2.33 bits per heavy atom. The Bertz CT molecular complexity index is 1180. The van der Waals surface area contributed by atoms with Crippen LogP contribution in [0.2, 0.25) is 0 Å². The minimum atomic E-state index is -3.80. The average molecular weight is 583 g/mol. The van der Waals surface area contributed by atoms with Crippen LogP contribution in [0.15, 0.2) is 46.9 Å². The number of amides is 2. The number of rotatable bonds is 9. The molecule has 0 saturated heterocycles. The maximum Gasteiger partial charge on any atom is 0.244 e. The fourth-order valence-corrected chi connectivity index (χ4v) is 5.42. The number of carbonyl (C=O) groups excluding carboxylic acids is 2. The van der Waals surface area contributed by atoms with Crippen molar-refractivity contribution in [1.82, 2.24) is 10.2 Å². The molecule has 0 bridgehead atoms. The summed E-state index contributed by atoms with van der Waals surface area (Å²) in [5.74, 6) is -1.23. The summed E-state index contributed by atoms with van der Waals surface area (Å²) in [5, 5.41) is 3.05. The Balaban J connectivity index is 1.87. The van der Waals surface area contributed by atoms with Crippen LogP contribution in [-0.4, -0.2) is 50.0 Å². The van der Waals surface area contributed by atoms with Gasteiger partial charge in [-0.2, -0.15) is 0 Å².